The number of aliphatic hydroxyl groups excluding tert-OH is 1. The van der Waals surface area contributed by atoms with Crippen molar-refractivity contribution < 1.29 is 14.7 Å². The van der Waals surface area contributed by atoms with Gasteiger partial charge < -0.3 is 15.3 Å². The summed E-state index contributed by atoms with van der Waals surface area (Å²) in [5.41, 5.74) is 1.17. The highest BCUT2D eigenvalue weighted by Crippen LogP contribution is 2.44. The maximum atomic E-state index is 12.5. The fraction of sp³-hybridized carbons (Fsp3) is 0.579. The van der Waals surface area contributed by atoms with Crippen LogP contribution in [-0.2, 0) is 4.79 Å². The number of amides is 2. The Balaban J connectivity index is 1.61. The molecule has 0 atom stereocenters. The molecule has 1 heterocycles. The summed E-state index contributed by atoms with van der Waals surface area (Å²) in [4.78, 5) is 26.7. The maximum absolute atomic E-state index is 12.5. The minimum atomic E-state index is -0.288. The summed E-state index contributed by atoms with van der Waals surface area (Å²) in [5, 5.41) is 12.5. The van der Waals surface area contributed by atoms with Gasteiger partial charge in [-0.15, -0.1) is 0 Å². The van der Waals surface area contributed by atoms with E-state index in [0.717, 1.165) is 31.4 Å². The van der Waals surface area contributed by atoms with E-state index in [4.69, 9.17) is 0 Å². The van der Waals surface area contributed by atoms with E-state index < -0.39 is 0 Å². The molecule has 1 aliphatic carbocycles. The lowest BCUT2D eigenvalue weighted by molar-refractivity contribution is -0.130. The first kappa shape index (κ1) is 17.0. The van der Waals surface area contributed by atoms with Crippen molar-refractivity contribution in [3.63, 3.8) is 0 Å². The lowest BCUT2D eigenvalue weighted by Crippen LogP contribution is -2.41. The van der Waals surface area contributed by atoms with E-state index in [2.05, 4.69) is 12.2 Å². The van der Waals surface area contributed by atoms with E-state index in [9.17, 15) is 14.7 Å². The van der Waals surface area contributed by atoms with Crippen LogP contribution in [0.1, 0.15) is 55.8 Å². The Bertz CT molecular complexity index is 594. The molecule has 5 heteroatoms. The molecule has 2 amide bonds. The van der Waals surface area contributed by atoms with Crippen molar-refractivity contribution in [2.45, 2.75) is 51.6 Å². The summed E-state index contributed by atoms with van der Waals surface area (Å²) < 4.78 is 0. The molecule has 1 saturated heterocycles. The predicted octanol–water partition coefficient (Wildman–Crippen LogP) is 2.80. The highest BCUT2D eigenvalue weighted by Gasteiger charge is 2.42. The van der Waals surface area contributed by atoms with Crippen LogP contribution < -0.4 is 5.32 Å². The van der Waals surface area contributed by atoms with E-state index in [1.165, 1.54) is 0 Å². The number of nitrogens with zero attached hydrogens (tertiary/aromatic N) is 1. The molecule has 1 saturated carbocycles. The molecule has 0 radical (unpaired) electrons. The van der Waals surface area contributed by atoms with Crippen LogP contribution in [0.25, 0.3) is 0 Å². The number of anilines is 1. The Morgan fingerprint density at radius 2 is 1.83 bits per heavy atom. The molecule has 3 rings (SSSR count). The fourth-order valence-corrected chi connectivity index (χ4v) is 3.56. The first-order chi connectivity index (χ1) is 11.5. The van der Waals surface area contributed by atoms with Gasteiger partial charge in [-0.1, -0.05) is 13.3 Å². The molecule has 24 heavy (non-hydrogen) atoms. The normalized spacial score (nSPS) is 20.3. The Morgan fingerprint density at radius 3 is 2.33 bits per heavy atom. The van der Waals surface area contributed by atoms with Crippen molar-refractivity contribution in [2.24, 2.45) is 5.41 Å². The van der Waals surface area contributed by atoms with Gasteiger partial charge >= 0.3 is 0 Å². The Morgan fingerprint density at radius 1 is 1.21 bits per heavy atom. The van der Waals surface area contributed by atoms with Gasteiger partial charge in [0.1, 0.15) is 0 Å². The molecular formula is C19H26N2O3. The molecule has 2 aliphatic rings. The number of carbonyl (C=O) groups excluding carboxylic acids is 2. The van der Waals surface area contributed by atoms with E-state index >= 15 is 0 Å². The number of carbonyl (C=O) groups is 2. The zero-order valence-electron chi connectivity index (χ0n) is 14.3. The van der Waals surface area contributed by atoms with Gasteiger partial charge in [0.15, 0.2) is 0 Å². The minimum absolute atomic E-state index is 0.0104. The average molecular weight is 330 g/mol. The van der Waals surface area contributed by atoms with Crippen molar-refractivity contribution in [3.05, 3.63) is 29.8 Å². The molecule has 2 fully saturated rings. The SMILES string of the molecule is CCC1(C(=O)Nc2ccc(C(=O)N3CCC(O)CC3)cc2)CCC1. The third-order valence-corrected chi connectivity index (χ3v) is 5.61. The quantitative estimate of drug-likeness (QED) is 0.892. The van der Waals surface area contributed by atoms with Crippen LogP contribution in [-0.4, -0.2) is 41.0 Å². The zero-order chi connectivity index (χ0) is 17.2. The van der Waals surface area contributed by atoms with E-state index in [1.807, 2.05) is 0 Å². The molecule has 0 unspecified atom stereocenters. The number of hydrogen-bond acceptors (Lipinski definition) is 3. The molecule has 0 bridgehead atoms. The molecule has 5 nitrogen and oxygen atoms in total. The highest BCUT2D eigenvalue weighted by molar-refractivity contribution is 5.97. The van der Waals surface area contributed by atoms with Crippen molar-refractivity contribution >= 4 is 17.5 Å². The second-order valence-electron chi connectivity index (χ2n) is 7.04. The predicted molar refractivity (Wildman–Crippen MR) is 92.8 cm³/mol. The van der Waals surface area contributed by atoms with Crippen molar-refractivity contribution in [1.82, 2.24) is 4.90 Å². The fourth-order valence-electron chi connectivity index (χ4n) is 3.56. The minimum Gasteiger partial charge on any atom is -0.393 e. The first-order valence-electron chi connectivity index (χ1n) is 8.93. The smallest absolute Gasteiger partial charge is 0.253 e. The summed E-state index contributed by atoms with van der Waals surface area (Å²) in [5.74, 6) is 0.0872. The summed E-state index contributed by atoms with van der Waals surface area (Å²) in [7, 11) is 0. The molecule has 1 aromatic rings. The van der Waals surface area contributed by atoms with Gasteiger partial charge in [0.25, 0.3) is 5.91 Å². The Labute approximate surface area is 143 Å². The largest absolute Gasteiger partial charge is 0.393 e. The van der Waals surface area contributed by atoms with Crippen LogP contribution >= 0.6 is 0 Å². The monoisotopic (exact) mass is 330 g/mol. The third-order valence-electron chi connectivity index (χ3n) is 5.61. The van der Waals surface area contributed by atoms with Gasteiger partial charge in [0.2, 0.25) is 5.91 Å². The van der Waals surface area contributed by atoms with Crippen LogP contribution in [0.4, 0.5) is 5.69 Å². The summed E-state index contributed by atoms with van der Waals surface area (Å²) in [6.45, 7) is 3.26. The van der Waals surface area contributed by atoms with Crippen LogP contribution in [0, 0.1) is 5.41 Å². The molecule has 1 aliphatic heterocycles. The Hall–Kier alpha value is -1.88. The number of nitrogens with one attached hydrogen (secondary N) is 1. The first-order valence-corrected chi connectivity index (χ1v) is 8.93. The van der Waals surface area contributed by atoms with Crippen molar-refractivity contribution in [3.8, 4) is 0 Å². The second-order valence-corrected chi connectivity index (χ2v) is 7.04. The summed E-state index contributed by atoms with van der Waals surface area (Å²) in [6.07, 6.45) is 4.91. The third kappa shape index (κ3) is 3.31. The van der Waals surface area contributed by atoms with Crippen LogP contribution in [0.5, 0.6) is 0 Å². The Kier molecular flexibility index (Phi) is 4.90. The van der Waals surface area contributed by atoms with Crippen LogP contribution in [0.15, 0.2) is 24.3 Å². The number of aliphatic hydroxyl groups is 1. The number of piperidine rings is 1. The molecule has 2 N–H and O–H groups in total. The summed E-state index contributed by atoms with van der Waals surface area (Å²) >= 11 is 0. The van der Waals surface area contributed by atoms with Gasteiger partial charge in [0, 0.05) is 29.8 Å². The van der Waals surface area contributed by atoms with Crippen LogP contribution in [0.3, 0.4) is 0 Å². The van der Waals surface area contributed by atoms with Crippen LogP contribution in [0.2, 0.25) is 0 Å². The molecule has 130 valence electrons. The zero-order valence-corrected chi connectivity index (χ0v) is 14.3. The van der Waals surface area contributed by atoms with Gasteiger partial charge in [-0.3, -0.25) is 9.59 Å². The lowest BCUT2D eigenvalue weighted by Gasteiger charge is -2.39. The molecule has 0 aromatic heterocycles. The average Bonchev–Trinajstić information content (AvgIpc) is 2.55. The van der Waals surface area contributed by atoms with Gasteiger partial charge in [-0.2, -0.15) is 0 Å². The standard InChI is InChI=1S/C19H26N2O3/c1-2-19(10-3-11-19)18(24)20-15-6-4-14(5-7-15)17(23)21-12-8-16(22)9-13-21/h4-7,16,22H,2-3,8-13H2,1H3,(H,20,24). The number of likely N-dealkylation sites (tertiary alicyclic amines) is 1. The topological polar surface area (TPSA) is 69.6 Å². The van der Waals surface area contributed by atoms with Gasteiger partial charge in [0.05, 0.1) is 6.10 Å². The van der Waals surface area contributed by atoms with Gasteiger partial charge in [-0.05, 0) is 56.4 Å². The highest BCUT2D eigenvalue weighted by atomic mass is 16.3. The maximum Gasteiger partial charge on any atom is 0.253 e. The van der Waals surface area contributed by atoms with E-state index in [-0.39, 0.29) is 23.3 Å². The van der Waals surface area contributed by atoms with Crippen molar-refractivity contribution in [1.29, 1.82) is 0 Å². The molecular weight excluding hydrogens is 304 g/mol. The molecule has 0 spiro atoms. The summed E-state index contributed by atoms with van der Waals surface area (Å²) in [6, 6.07) is 7.13. The second kappa shape index (κ2) is 6.93. The number of rotatable bonds is 4. The molecule has 1 aromatic carbocycles. The van der Waals surface area contributed by atoms with E-state index in [0.29, 0.717) is 31.5 Å². The van der Waals surface area contributed by atoms with Gasteiger partial charge in [-0.25, -0.2) is 0 Å². The number of hydrogen-bond donors (Lipinski definition) is 2. The lowest BCUT2D eigenvalue weighted by atomic mass is 9.66. The van der Waals surface area contributed by atoms with Crippen molar-refractivity contribution in [2.75, 3.05) is 18.4 Å². The van der Waals surface area contributed by atoms with E-state index in [1.54, 1.807) is 29.2 Å². The number of benzene rings is 1.